The van der Waals surface area contributed by atoms with E-state index < -0.39 is 0 Å². The average molecular weight is 417 g/mol. The van der Waals surface area contributed by atoms with Crippen molar-refractivity contribution in [1.29, 1.82) is 0 Å². The molecule has 0 radical (unpaired) electrons. The van der Waals surface area contributed by atoms with E-state index in [9.17, 15) is 0 Å². The molecule has 0 N–H and O–H groups in total. The number of aromatic nitrogens is 3. The molecule has 128 valence electrons. The lowest BCUT2D eigenvalue weighted by Gasteiger charge is -2.07. The van der Waals surface area contributed by atoms with Crippen molar-refractivity contribution < 1.29 is 4.74 Å². The predicted octanol–water partition coefficient (Wildman–Crippen LogP) is 4.61. The Hall–Kier alpha value is -2.12. The van der Waals surface area contributed by atoms with Crippen molar-refractivity contribution in [3.8, 4) is 5.75 Å². The molecule has 2 aromatic carbocycles. The molecule has 0 aliphatic carbocycles. The van der Waals surface area contributed by atoms with Crippen LogP contribution in [-0.4, -0.2) is 27.7 Å². The summed E-state index contributed by atoms with van der Waals surface area (Å²) in [6, 6.07) is 16.1. The summed E-state index contributed by atoms with van der Waals surface area (Å²) in [5.74, 6) is 1.61. The van der Waals surface area contributed by atoms with E-state index in [1.807, 2.05) is 43.3 Å². The van der Waals surface area contributed by atoms with Gasteiger partial charge >= 0.3 is 0 Å². The van der Waals surface area contributed by atoms with E-state index in [0.717, 1.165) is 26.7 Å². The maximum Gasteiger partial charge on any atom is 0.212 e. The topological polar surface area (TPSA) is 52.3 Å². The van der Waals surface area contributed by atoms with Gasteiger partial charge in [0.25, 0.3) is 0 Å². The Morgan fingerprint density at radius 1 is 1.24 bits per heavy atom. The largest absolute Gasteiger partial charge is 0.493 e. The fraction of sp³-hybridized carbons (Fsp3) is 0.167. The van der Waals surface area contributed by atoms with E-state index >= 15 is 0 Å². The molecule has 0 unspecified atom stereocenters. The van der Waals surface area contributed by atoms with Gasteiger partial charge in [-0.15, -0.1) is 10.2 Å². The monoisotopic (exact) mass is 416 g/mol. The van der Waals surface area contributed by atoms with E-state index in [1.54, 1.807) is 29.0 Å². The third-order valence-electron chi connectivity index (χ3n) is 3.30. The van der Waals surface area contributed by atoms with Crippen LogP contribution in [-0.2, 0) is 5.75 Å². The minimum absolute atomic E-state index is 0.604. The third kappa shape index (κ3) is 4.93. The SMILES string of the molecule is CCOc1ccc(Br)cc1/C=N\n1cnnc1SCc1ccccc1. The number of hydrogen-bond donors (Lipinski definition) is 0. The molecule has 0 aliphatic rings. The van der Waals surface area contributed by atoms with E-state index in [1.165, 1.54) is 5.56 Å². The molecule has 0 atom stereocenters. The minimum Gasteiger partial charge on any atom is -0.493 e. The molecule has 25 heavy (non-hydrogen) atoms. The maximum absolute atomic E-state index is 5.64. The Labute approximate surface area is 159 Å². The summed E-state index contributed by atoms with van der Waals surface area (Å²) in [7, 11) is 0. The van der Waals surface area contributed by atoms with Gasteiger partial charge in [-0.25, -0.2) is 0 Å². The summed E-state index contributed by atoms with van der Waals surface area (Å²) >= 11 is 5.07. The highest BCUT2D eigenvalue weighted by Crippen LogP contribution is 2.23. The average Bonchev–Trinajstić information content (AvgIpc) is 3.08. The van der Waals surface area contributed by atoms with Crippen LogP contribution in [0.2, 0.25) is 0 Å². The molecule has 0 fully saturated rings. The lowest BCUT2D eigenvalue weighted by atomic mass is 10.2. The van der Waals surface area contributed by atoms with Crippen molar-refractivity contribution >= 4 is 33.9 Å². The maximum atomic E-state index is 5.64. The van der Waals surface area contributed by atoms with Crippen molar-refractivity contribution in [3.05, 3.63) is 70.5 Å². The van der Waals surface area contributed by atoms with Crippen LogP contribution in [0, 0.1) is 0 Å². The summed E-state index contributed by atoms with van der Waals surface area (Å²) in [5.41, 5.74) is 2.13. The molecule has 0 spiro atoms. The van der Waals surface area contributed by atoms with Gasteiger partial charge in [0.2, 0.25) is 5.16 Å². The molecule has 0 aliphatic heterocycles. The quantitative estimate of drug-likeness (QED) is 0.416. The van der Waals surface area contributed by atoms with Crippen LogP contribution in [0.5, 0.6) is 5.75 Å². The van der Waals surface area contributed by atoms with Crippen LogP contribution in [0.4, 0.5) is 0 Å². The van der Waals surface area contributed by atoms with Gasteiger partial charge in [-0.3, -0.25) is 0 Å². The smallest absolute Gasteiger partial charge is 0.212 e. The van der Waals surface area contributed by atoms with Gasteiger partial charge in [-0.05, 0) is 30.7 Å². The second kappa shape index (κ2) is 8.82. The Morgan fingerprint density at radius 3 is 2.88 bits per heavy atom. The summed E-state index contributed by atoms with van der Waals surface area (Å²) in [4.78, 5) is 0. The highest BCUT2D eigenvalue weighted by atomic mass is 79.9. The zero-order chi connectivity index (χ0) is 17.5. The normalized spacial score (nSPS) is 11.1. The first-order chi connectivity index (χ1) is 12.3. The molecule has 3 aromatic rings. The van der Waals surface area contributed by atoms with E-state index in [-0.39, 0.29) is 0 Å². The third-order valence-corrected chi connectivity index (χ3v) is 4.80. The van der Waals surface area contributed by atoms with Crippen LogP contribution in [0.1, 0.15) is 18.1 Å². The van der Waals surface area contributed by atoms with Gasteiger partial charge in [0.05, 0.1) is 12.8 Å². The van der Waals surface area contributed by atoms with Crippen LogP contribution < -0.4 is 4.74 Å². The molecule has 0 bridgehead atoms. The minimum atomic E-state index is 0.604. The first-order valence-corrected chi connectivity index (χ1v) is 9.57. The van der Waals surface area contributed by atoms with Gasteiger partial charge in [0, 0.05) is 15.8 Å². The van der Waals surface area contributed by atoms with Gasteiger partial charge in [-0.1, -0.05) is 58.0 Å². The lowest BCUT2D eigenvalue weighted by molar-refractivity contribution is 0.339. The van der Waals surface area contributed by atoms with Crippen molar-refractivity contribution in [2.45, 2.75) is 17.8 Å². The second-order valence-corrected chi connectivity index (χ2v) is 6.95. The standard InChI is InChI=1S/C18H17BrN4OS/c1-2-24-17-9-8-16(19)10-15(17)11-21-23-13-20-22-18(23)25-12-14-6-4-3-5-7-14/h3-11,13H,2,12H2,1H3/b21-11-. The Morgan fingerprint density at radius 2 is 2.08 bits per heavy atom. The molecule has 5 nitrogen and oxygen atoms in total. The van der Waals surface area contributed by atoms with Crippen LogP contribution >= 0.6 is 27.7 Å². The van der Waals surface area contributed by atoms with Gasteiger partial charge in [0.1, 0.15) is 12.1 Å². The van der Waals surface area contributed by atoms with Gasteiger partial charge in [0.15, 0.2) is 0 Å². The number of rotatable bonds is 7. The highest BCUT2D eigenvalue weighted by molar-refractivity contribution is 9.10. The molecular weight excluding hydrogens is 400 g/mol. The molecule has 3 rings (SSSR count). The first kappa shape index (κ1) is 17.7. The highest BCUT2D eigenvalue weighted by Gasteiger charge is 2.06. The number of hydrogen-bond acceptors (Lipinski definition) is 5. The van der Waals surface area contributed by atoms with Crippen LogP contribution in [0.15, 0.2) is 69.6 Å². The number of ether oxygens (including phenoxy) is 1. The molecule has 7 heteroatoms. The molecule has 1 heterocycles. The van der Waals surface area contributed by atoms with Crippen molar-refractivity contribution in [2.75, 3.05) is 6.61 Å². The fourth-order valence-corrected chi connectivity index (χ4v) is 3.35. The van der Waals surface area contributed by atoms with Gasteiger partial charge < -0.3 is 4.74 Å². The Bertz CT molecular complexity index is 851. The summed E-state index contributed by atoms with van der Waals surface area (Å²) in [6.45, 7) is 2.56. The zero-order valence-corrected chi connectivity index (χ0v) is 16.1. The number of thioether (sulfide) groups is 1. The lowest BCUT2D eigenvalue weighted by Crippen LogP contribution is -1.98. The second-order valence-electron chi connectivity index (χ2n) is 5.09. The zero-order valence-electron chi connectivity index (χ0n) is 13.7. The predicted molar refractivity (Wildman–Crippen MR) is 104 cm³/mol. The van der Waals surface area contributed by atoms with Crippen molar-refractivity contribution in [1.82, 2.24) is 14.9 Å². The van der Waals surface area contributed by atoms with E-state index in [4.69, 9.17) is 4.74 Å². The van der Waals surface area contributed by atoms with Crippen molar-refractivity contribution in [3.63, 3.8) is 0 Å². The molecule has 1 aromatic heterocycles. The summed E-state index contributed by atoms with van der Waals surface area (Å²) < 4.78 is 8.28. The number of benzene rings is 2. The molecule has 0 saturated carbocycles. The number of halogens is 1. The molecule has 0 amide bonds. The van der Waals surface area contributed by atoms with Gasteiger partial charge in [-0.2, -0.15) is 9.78 Å². The first-order valence-electron chi connectivity index (χ1n) is 7.79. The molecule has 0 saturated heterocycles. The summed E-state index contributed by atoms with van der Waals surface area (Å²) in [6.07, 6.45) is 3.36. The molecular formula is C18H17BrN4OS. The fourth-order valence-electron chi connectivity index (χ4n) is 2.15. The van der Waals surface area contributed by atoms with Crippen LogP contribution in [0.3, 0.4) is 0 Å². The van der Waals surface area contributed by atoms with Crippen molar-refractivity contribution in [2.24, 2.45) is 5.10 Å². The van der Waals surface area contributed by atoms with E-state index in [2.05, 4.69) is 43.4 Å². The number of nitrogens with zero attached hydrogens (tertiary/aromatic N) is 4. The Balaban J connectivity index is 1.75. The summed E-state index contributed by atoms with van der Waals surface area (Å²) in [5, 5.41) is 13.3. The Kier molecular flexibility index (Phi) is 6.25. The van der Waals surface area contributed by atoms with Crippen LogP contribution in [0.25, 0.3) is 0 Å². The van der Waals surface area contributed by atoms with E-state index in [0.29, 0.717) is 6.61 Å².